The number of hydrogen-bond acceptors (Lipinski definition) is 3. The lowest BCUT2D eigenvalue weighted by Gasteiger charge is -2.22. The van der Waals surface area contributed by atoms with Gasteiger partial charge in [-0.05, 0) is 24.6 Å². The van der Waals surface area contributed by atoms with Gasteiger partial charge in [-0.3, -0.25) is 4.79 Å². The first kappa shape index (κ1) is 17.0. The molecule has 0 radical (unpaired) electrons. The lowest BCUT2D eigenvalue weighted by molar-refractivity contribution is -0.119. The summed E-state index contributed by atoms with van der Waals surface area (Å²) < 4.78 is 12.8. The largest absolute Gasteiger partial charge is 0.386 e. The number of benzene rings is 1. The summed E-state index contributed by atoms with van der Waals surface area (Å²) in [5.74, 6) is -0.109. The lowest BCUT2D eigenvalue weighted by atomic mass is 10.0. The molecule has 1 aromatic carbocycles. The molecule has 0 heterocycles. The van der Waals surface area contributed by atoms with Crippen molar-refractivity contribution in [2.24, 2.45) is 0 Å². The molecule has 2 N–H and O–H groups in total. The molecule has 0 bridgehead atoms. The minimum atomic E-state index is -0.848. The van der Waals surface area contributed by atoms with Crippen molar-refractivity contribution < 1.29 is 14.3 Å². The third-order valence-electron chi connectivity index (χ3n) is 2.71. The molecule has 0 saturated heterocycles. The zero-order valence-electron chi connectivity index (χ0n) is 12.3. The van der Waals surface area contributed by atoms with Crippen LogP contribution in [0.1, 0.15) is 39.4 Å². The van der Waals surface area contributed by atoms with E-state index in [1.165, 1.54) is 24.3 Å². The van der Waals surface area contributed by atoms with Gasteiger partial charge in [-0.2, -0.15) is 0 Å². The Morgan fingerprint density at radius 1 is 1.35 bits per heavy atom. The van der Waals surface area contributed by atoms with Crippen molar-refractivity contribution in [3.05, 3.63) is 35.6 Å². The van der Waals surface area contributed by atoms with Gasteiger partial charge >= 0.3 is 0 Å². The van der Waals surface area contributed by atoms with Gasteiger partial charge in [0.2, 0.25) is 5.91 Å². The number of amides is 1. The van der Waals surface area contributed by atoms with Crippen LogP contribution >= 0.6 is 11.8 Å². The van der Waals surface area contributed by atoms with Gasteiger partial charge < -0.3 is 10.4 Å². The van der Waals surface area contributed by atoms with E-state index < -0.39 is 12.1 Å². The monoisotopic (exact) mass is 299 g/mol. The summed E-state index contributed by atoms with van der Waals surface area (Å²) in [6.07, 6.45) is -0.848. The van der Waals surface area contributed by atoms with Crippen LogP contribution in [-0.2, 0) is 4.79 Å². The standard InChI is InChI=1S/C15H22FNO2S/c1-10(17-13(18)9-20-15(2,3)4)14(19)11-5-7-12(16)8-6-11/h5-8,10,14,19H,9H2,1-4H3,(H,17,18)/t10-,14+/m1/s1. The molecule has 1 rings (SSSR count). The van der Waals surface area contributed by atoms with Crippen LogP contribution < -0.4 is 5.32 Å². The molecule has 0 saturated carbocycles. The van der Waals surface area contributed by atoms with E-state index in [2.05, 4.69) is 5.32 Å². The molecule has 0 fully saturated rings. The van der Waals surface area contributed by atoms with Gasteiger partial charge in [0.15, 0.2) is 0 Å². The van der Waals surface area contributed by atoms with Crippen LogP contribution in [0.2, 0.25) is 0 Å². The molecule has 20 heavy (non-hydrogen) atoms. The second kappa shape index (κ2) is 7.09. The molecule has 0 aliphatic carbocycles. The van der Waals surface area contributed by atoms with Crippen LogP contribution in [0.3, 0.4) is 0 Å². The van der Waals surface area contributed by atoms with Crippen molar-refractivity contribution in [1.82, 2.24) is 5.32 Å². The predicted octanol–water partition coefficient (Wildman–Crippen LogP) is 2.90. The smallest absolute Gasteiger partial charge is 0.230 e. The minimum absolute atomic E-state index is 0.0240. The predicted molar refractivity (Wildman–Crippen MR) is 81.2 cm³/mol. The van der Waals surface area contributed by atoms with E-state index in [-0.39, 0.29) is 16.5 Å². The highest BCUT2D eigenvalue weighted by molar-refractivity contribution is 8.01. The van der Waals surface area contributed by atoms with Gasteiger partial charge in [-0.15, -0.1) is 11.8 Å². The first-order valence-electron chi connectivity index (χ1n) is 6.56. The Balaban J connectivity index is 2.51. The van der Waals surface area contributed by atoms with E-state index >= 15 is 0 Å². The number of hydrogen-bond donors (Lipinski definition) is 2. The average molecular weight is 299 g/mol. The zero-order valence-corrected chi connectivity index (χ0v) is 13.1. The average Bonchev–Trinajstić information content (AvgIpc) is 2.35. The van der Waals surface area contributed by atoms with Crippen LogP contribution in [0.25, 0.3) is 0 Å². The highest BCUT2D eigenvalue weighted by Gasteiger charge is 2.20. The van der Waals surface area contributed by atoms with E-state index in [1.807, 2.05) is 20.8 Å². The first-order valence-corrected chi connectivity index (χ1v) is 7.54. The number of carbonyl (C=O) groups excluding carboxylic acids is 1. The van der Waals surface area contributed by atoms with Crippen LogP contribution in [0, 0.1) is 5.82 Å². The third kappa shape index (κ3) is 5.92. The summed E-state index contributed by atoms with van der Waals surface area (Å²) in [5, 5.41) is 12.9. The number of rotatable bonds is 5. The van der Waals surface area contributed by atoms with E-state index in [1.54, 1.807) is 18.7 Å². The summed E-state index contributed by atoms with van der Waals surface area (Å²) >= 11 is 1.55. The van der Waals surface area contributed by atoms with Gasteiger partial charge in [0.25, 0.3) is 0 Å². The maximum atomic E-state index is 12.8. The van der Waals surface area contributed by atoms with Gasteiger partial charge in [0.1, 0.15) is 5.82 Å². The van der Waals surface area contributed by atoms with Gasteiger partial charge in [0, 0.05) is 4.75 Å². The SMILES string of the molecule is C[C@@H](NC(=O)CSC(C)(C)C)[C@H](O)c1ccc(F)cc1. The lowest BCUT2D eigenvalue weighted by Crippen LogP contribution is -2.38. The minimum Gasteiger partial charge on any atom is -0.386 e. The second-order valence-electron chi connectivity index (χ2n) is 5.75. The molecule has 0 aliphatic rings. The highest BCUT2D eigenvalue weighted by atomic mass is 32.2. The van der Waals surface area contributed by atoms with Crippen molar-refractivity contribution in [3.8, 4) is 0 Å². The normalized spacial score (nSPS) is 14.7. The van der Waals surface area contributed by atoms with Crippen LogP contribution in [-0.4, -0.2) is 27.6 Å². The fourth-order valence-corrected chi connectivity index (χ4v) is 2.25. The number of halogens is 1. The second-order valence-corrected chi connectivity index (χ2v) is 7.56. The molecule has 0 unspecified atom stereocenters. The van der Waals surface area contributed by atoms with Gasteiger partial charge in [-0.1, -0.05) is 32.9 Å². The Morgan fingerprint density at radius 3 is 2.40 bits per heavy atom. The Morgan fingerprint density at radius 2 is 1.90 bits per heavy atom. The molecule has 0 aromatic heterocycles. The molecule has 0 aliphatic heterocycles. The Hall–Kier alpha value is -1.07. The first-order chi connectivity index (χ1) is 9.19. The summed E-state index contributed by atoms with van der Waals surface area (Å²) in [6.45, 7) is 7.86. The number of nitrogens with one attached hydrogen (secondary N) is 1. The number of aliphatic hydroxyl groups is 1. The van der Waals surface area contributed by atoms with Crippen LogP contribution in [0.4, 0.5) is 4.39 Å². The van der Waals surface area contributed by atoms with Crippen molar-refractivity contribution in [2.75, 3.05) is 5.75 Å². The quantitative estimate of drug-likeness (QED) is 0.879. The van der Waals surface area contributed by atoms with E-state index in [9.17, 15) is 14.3 Å². The molecule has 2 atom stereocenters. The molecular weight excluding hydrogens is 277 g/mol. The van der Waals surface area contributed by atoms with Crippen molar-refractivity contribution >= 4 is 17.7 Å². The molecule has 3 nitrogen and oxygen atoms in total. The molecule has 1 amide bonds. The topological polar surface area (TPSA) is 49.3 Å². The number of carbonyl (C=O) groups is 1. The summed E-state index contributed by atoms with van der Waals surface area (Å²) in [7, 11) is 0. The molecule has 1 aromatic rings. The van der Waals surface area contributed by atoms with Gasteiger partial charge in [-0.25, -0.2) is 4.39 Å². The molecule has 0 spiro atoms. The maximum absolute atomic E-state index is 12.8. The highest BCUT2D eigenvalue weighted by Crippen LogP contribution is 2.23. The fourth-order valence-electron chi connectivity index (χ4n) is 1.61. The van der Waals surface area contributed by atoms with Crippen LogP contribution in [0.5, 0.6) is 0 Å². The summed E-state index contributed by atoms with van der Waals surface area (Å²) in [6, 6.07) is 5.21. The third-order valence-corrected chi connectivity index (χ3v) is 3.98. The summed E-state index contributed by atoms with van der Waals surface area (Å²) in [5.41, 5.74) is 0.586. The Labute approximate surface area is 124 Å². The summed E-state index contributed by atoms with van der Waals surface area (Å²) in [4.78, 5) is 11.8. The van der Waals surface area contributed by atoms with E-state index in [4.69, 9.17) is 0 Å². The van der Waals surface area contributed by atoms with Crippen molar-refractivity contribution in [3.63, 3.8) is 0 Å². The Bertz CT molecular complexity index is 442. The molecule has 5 heteroatoms. The zero-order chi connectivity index (χ0) is 15.3. The van der Waals surface area contributed by atoms with Crippen molar-refractivity contribution in [2.45, 2.75) is 44.6 Å². The molecule has 112 valence electrons. The van der Waals surface area contributed by atoms with E-state index in [0.717, 1.165) is 0 Å². The number of thioether (sulfide) groups is 1. The number of aliphatic hydroxyl groups excluding tert-OH is 1. The van der Waals surface area contributed by atoms with Crippen LogP contribution in [0.15, 0.2) is 24.3 Å². The van der Waals surface area contributed by atoms with Gasteiger partial charge in [0.05, 0.1) is 17.9 Å². The Kier molecular flexibility index (Phi) is 6.02. The molecular formula is C15H22FNO2S. The fraction of sp³-hybridized carbons (Fsp3) is 0.533. The van der Waals surface area contributed by atoms with Crippen molar-refractivity contribution in [1.29, 1.82) is 0 Å². The van der Waals surface area contributed by atoms with E-state index in [0.29, 0.717) is 11.3 Å². The maximum Gasteiger partial charge on any atom is 0.230 e.